The number of rotatable bonds is 4. The highest BCUT2D eigenvalue weighted by molar-refractivity contribution is 7.91. The SMILES string of the molecule is Cc1cc2oc(C(=O)N(Cc3ccccc3F)[C@@H]3CCS(=O)(=O)C3)c(C)c2cc1Cl. The van der Waals surface area contributed by atoms with Crippen LogP contribution in [0.4, 0.5) is 4.39 Å². The van der Waals surface area contributed by atoms with E-state index in [-0.39, 0.29) is 23.8 Å². The minimum atomic E-state index is -3.24. The Balaban J connectivity index is 1.77. The minimum absolute atomic E-state index is 0.00658. The zero-order chi connectivity index (χ0) is 21.6. The first-order valence-corrected chi connectivity index (χ1v) is 11.8. The lowest BCUT2D eigenvalue weighted by atomic mass is 10.1. The van der Waals surface area contributed by atoms with Crippen molar-refractivity contribution in [2.24, 2.45) is 0 Å². The van der Waals surface area contributed by atoms with Crippen molar-refractivity contribution >= 4 is 38.3 Å². The Morgan fingerprint density at radius 2 is 2.00 bits per heavy atom. The predicted octanol–water partition coefficient (Wildman–Crippen LogP) is 4.67. The highest BCUT2D eigenvalue weighted by Gasteiger charge is 2.37. The molecule has 0 bridgehead atoms. The van der Waals surface area contributed by atoms with Crippen LogP contribution in [0.3, 0.4) is 0 Å². The number of hydrogen-bond acceptors (Lipinski definition) is 4. The van der Waals surface area contributed by atoms with E-state index in [0.29, 0.717) is 28.2 Å². The molecule has 1 saturated heterocycles. The van der Waals surface area contributed by atoms with Crippen LogP contribution in [-0.4, -0.2) is 36.8 Å². The number of amides is 1. The summed E-state index contributed by atoms with van der Waals surface area (Å²) in [4.78, 5) is 14.9. The van der Waals surface area contributed by atoms with Gasteiger partial charge >= 0.3 is 0 Å². The zero-order valence-electron chi connectivity index (χ0n) is 16.6. The molecule has 1 aliphatic heterocycles. The first kappa shape index (κ1) is 20.9. The lowest BCUT2D eigenvalue weighted by molar-refractivity contribution is 0.0647. The van der Waals surface area contributed by atoms with Crippen LogP contribution in [0.1, 0.15) is 33.7 Å². The molecule has 0 radical (unpaired) electrons. The van der Waals surface area contributed by atoms with Crippen molar-refractivity contribution in [1.29, 1.82) is 0 Å². The summed E-state index contributed by atoms with van der Waals surface area (Å²) in [5.41, 5.74) is 2.30. The molecule has 2 aromatic carbocycles. The summed E-state index contributed by atoms with van der Waals surface area (Å²) in [5, 5.41) is 1.29. The third-order valence-electron chi connectivity index (χ3n) is 5.62. The lowest BCUT2D eigenvalue weighted by Gasteiger charge is -2.28. The summed E-state index contributed by atoms with van der Waals surface area (Å²) < 4.78 is 44.3. The summed E-state index contributed by atoms with van der Waals surface area (Å²) in [6, 6.07) is 9.14. The molecule has 0 spiro atoms. The van der Waals surface area contributed by atoms with Gasteiger partial charge in [0.1, 0.15) is 11.4 Å². The van der Waals surface area contributed by atoms with Gasteiger partial charge in [0.2, 0.25) is 0 Å². The average molecular weight is 450 g/mol. The molecule has 0 N–H and O–H groups in total. The normalized spacial score (nSPS) is 18.1. The fourth-order valence-corrected chi connectivity index (χ4v) is 5.77. The molecule has 2 heterocycles. The number of hydrogen-bond donors (Lipinski definition) is 0. The van der Waals surface area contributed by atoms with Crippen molar-refractivity contribution in [3.63, 3.8) is 0 Å². The average Bonchev–Trinajstić information content (AvgIpc) is 3.20. The number of furan rings is 1. The molecule has 0 saturated carbocycles. The molecule has 4 rings (SSSR count). The van der Waals surface area contributed by atoms with Gasteiger partial charge in [0.25, 0.3) is 5.91 Å². The maximum absolute atomic E-state index is 14.3. The van der Waals surface area contributed by atoms with Crippen LogP contribution < -0.4 is 0 Å². The third-order valence-corrected chi connectivity index (χ3v) is 7.78. The molecule has 5 nitrogen and oxygen atoms in total. The molecule has 8 heteroatoms. The van der Waals surface area contributed by atoms with E-state index < -0.39 is 27.6 Å². The van der Waals surface area contributed by atoms with E-state index in [2.05, 4.69) is 0 Å². The molecule has 0 aliphatic carbocycles. The maximum atomic E-state index is 14.3. The second kappa shape index (κ2) is 7.71. The van der Waals surface area contributed by atoms with Crippen molar-refractivity contribution in [1.82, 2.24) is 4.90 Å². The first-order valence-electron chi connectivity index (χ1n) is 9.60. The molecular weight excluding hydrogens is 429 g/mol. The lowest BCUT2D eigenvalue weighted by Crippen LogP contribution is -2.41. The minimum Gasteiger partial charge on any atom is -0.451 e. The molecule has 1 fully saturated rings. The van der Waals surface area contributed by atoms with Crippen LogP contribution in [0.25, 0.3) is 11.0 Å². The maximum Gasteiger partial charge on any atom is 0.290 e. The Hall–Kier alpha value is -2.38. The molecule has 1 aromatic heterocycles. The summed E-state index contributed by atoms with van der Waals surface area (Å²) in [5.74, 6) is -0.917. The summed E-state index contributed by atoms with van der Waals surface area (Å²) in [6.07, 6.45) is 0.312. The first-order chi connectivity index (χ1) is 14.2. The number of carbonyl (C=O) groups excluding carboxylic acids is 1. The Morgan fingerprint density at radius 1 is 1.27 bits per heavy atom. The topological polar surface area (TPSA) is 67.6 Å². The Labute approximate surface area is 179 Å². The Bertz CT molecular complexity index is 1250. The van der Waals surface area contributed by atoms with Crippen molar-refractivity contribution in [3.8, 4) is 0 Å². The van der Waals surface area contributed by atoms with Crippen molar-refractivity contribution in [2.45, 2.75) is 32.9 Å². The van der Waals surface area contributed by atoms with Gasteiger partial charge in [0, 0.05) is 34.1 Å². The van der Waals surface area contributed by atoms with Crippen LogP contribution in [-0.2, 0) is 16.4 Å². The molecule has 0 unspecified atom stereocenters. The number of aryl methyl sites for hydroxylation is 2. The van der Waals surface area contributed by atoms with Gasteiger partial charge in [-0.2, -0.15) is 0 Å². The van der Waals surface area contributed by atoms with Crippen LogP contribution in [0.2, 0.25) is 5.02 Å². The van der Waals surface area contributed by atoms with Gasteiger partial charge in [-0.1, -0.05) is 29.8 Å². The predicted molar refractivity (Wildman–Crippen MR) is 114 cm³/mol. The second-order valence-electron chi connectivity index (χ2n) is 7.74. The van der Waals surface area contributed by atoms with Gasteiger partial charge in [-0.25, -0.2) is 12.8 Å². The van der Waals surface area contributed by atoms with Gasteiger partial charge in [0.05, 0.1) is 11.5 Å². The van der Waals surface area contributed by atoms with Gasteiger partial charge in [0.15, 0.2) is 15.6 Å². The largest absolute Gasteiger partial charge is 0.451 e. The zero-order valence-corrected chi connectivity index (χ0v) is 18.2. The van der Waals surface area contributed by atoms with Crippen LogP contribution in [0.15, 0.2) is 40.8 Å². The molecule has 3 aromatic rings. The van der Waals surface area contributed by atoms with E-state index in [1.807, 2.05) is 6.92 Å². The Kier molecular flexibility index (Phi) is 5.36. The fourth-order valence-electron chi connectivity index (χ4n) is 3.87. The molecule has 1 aliphatic rings. The van der Waals surface area contributed by atoms with Crippen molar-refractivity contribution in [3.05, 3.63) is 69.7 Å². The number of nitrogens with zero attached hydrogens (tertiary/aromatic N) is 1. The van der Waals surface area contributed by atoms with Gasteiger partial charge in [-0.3, -0.25) is 4.79 Å². The standard InChI is InChI=1S/C22H21ClFNO4S/c1-13-9-20-17(10-18(13)23)14(2)21(29-20)22(26)25(16-7-8-30(27,28)12-16)11-15-5-3-4-6-19(15)24/h3-6,9-10,16H,7-8,11-12H2,1-2H3/t16-/m1/s1. The van der Waals surface area contributed by atoms with Crippen LogP contribution in [0.5, 0.6) is 0 Å². The van der Waals surface area contributed by atoms with Crippen molar-refractivity contribution < 1.29 is 22.0 Å². The summed E-state index contributed by atoms with van der Waals surface area (Å²) in [7, 11) is -3.24. The number of sulfone groups is 1. The van der Waals surface area contributed by atoms with E-state index in [1.165, 1.54) is 11.0 Å². The molecule has 1 atom stereocenters. The number of fused-ring (bicyclic) bond motifs is 1. The summed E-state index contributed by atoms with van der Waals surface area (Å²) >= 11 is 6.23. The monoisotopic (exact) mass is 449 g/mol. The quantitative estimate of drug-likeness (QED) is 0.580. The highest BCUT2D eigenvalue weighted by Crippen LogP contribution is 2.32. The smallest absolute Gasteiger partial charge is 0.290 e. The highest BCUT2D eigenvalue weighted by atomic mass is 35.5. The molecule has 1 amide bonds. The van der Waals surface area contributed by atoms with Crippen molar-refractivity contribution in [2.75, 3.05) is 11.5 Å². The number of carbonyl (C=O) groups is 1. The molecular formula is C22H21ClFNO4S. The fraction of sp³-hybridized carbons (Fsp3) is 0.318. The van der Waals surface area contributed by atoms with E-state index in [4.69, 9.17) is 16.0 Å². The second-order valence-corrected chi connectivity index (χ2v) is 10.4. The summed E-state index contributed by atoms with van der Waals surface area (Å²) in [6.45, 7) is 3.56. The van der Waals surface area contributed by atoms with E-state index in [9.17, 15) is 17.6 Å². The molecule has 30 heavy (non-hydrogen) atoms. The van der Waals surface area contributed by atoms with Crippen LogP contribution >= 0.6 is 11.6 Å². The number of halogens is 2. The van der Waals surface area contributed by atoms with Gasteiger partial charge in [-0.05, 0) is 44.0 Å². The van der Waals surface area contributed by atoms with Gasteiger partial charge in [-0.15, -0.1) is 0 Å². The third kappa shape index (κ3) is 3.84. The van der Waals surface area contributed by atoms with E-state index >= 15 is 0 Å². The molecule has 158 valence electrons. The Morgan fingerprint density at radius 3 is 2.67 bits per heavy atom. The van der Waals surface area contributed by atoms with Crippen LogP contribution in [0, 0.1) is 19.7 Å². The number of benzene rings is 2. The van der Waals surface area contributed by atoms with Gasteiger partial charge < -0.3 is 9.32 Å². The van der Waals surface area contributed by atoms with E-state index in [1.54, 1.807) is 37.3 Å². The van der Waals surface area contributed by atoms with E-state index in [0.717, 1.165) is 10.9 Å².